The van der Waals surface area contributed by atoms with Gasteiger partial charge in [-0.3, -0.25) is 9.69 Å². The number of hydrogen-bond acceptors (Lipinski definition) is 4. The summed E-state index contributed by atoms with van der Waals surface area (Å²) in [5, 5.41) is 5.58. The molecular formula is C18H23N3OS. The Labute approximate surface area is 141 Å². The van der Waals surface area contributed by atoms with Gasteiger partial charge in [0.25, 0.3) is 0 Å². The third-order valence-corrected chi connectivity index (χ3v) is 5.37. The molecule has 5 heteroatoms. The SMILES string of the molecule is NC(=O)CCNCC(c1ccccc1)N1CCc2sccc2C1. The van der Waals surface area contributed by atoms with Gasteiger partial charge in [0.2, 0.25) is 5.91 Å². The number of nitrogens with zero attached hydrogens (tertiary/aromatic N) is 1. The van der Waals surface area contributed by atoms with E-state index in [2.05, 4.69) is 45.9 Å². The summed E-state index contributed by atoms with van der Waals surface area (Å²) in [5.41, 5.74) is 7.99. The van der Waals surface area contributed by atoms with E-state index in [0.29, 0.717) is 19.0 Å². The summed E-state index contributed by atoms with van der Waals surface area (Å²) < 4.78 is 0. The number of rotatable bonds is 7. The molecule has 1 aromatic heterocycles. The van der Waals surface area contributed by atoms with Gasteiger partial charge in [-0.25, -0.2) is 0 Å². The highest BCUT2D eigenvalue weighted by atomic mass is 32.1. The number of amides is 1. The van der Waals surface area contributed by atoms with Crippen LogP contribution in [-0.4, -0.2) is 30.4 Å². The van der Waals surface area contributed by atoms with Gasteiger partial charge >= 0.3 is 0 Å². The predicted octanol–water partition coefficient (Wildman–Crippen LogP) is 2.31. The maximum absolute atomic E-state index is 10.9. The van der Waals surface area contributed by atoms with E-state index in [1.165, 1.54) is 16.0 Å². The van der Waals surface area contributed by atoms with Crippen LogP contribution in [0.15, 0.2) is 41.8 Å². The molecule has 1 amide bonds. The molecule has 122 valence electrons. The Bertz CT molecular complexity index is 641. The van der Waals surface area contributed by atoms with Crippen LogP contribution in [0, 0.1) is 0 Å². The molecule has 1 atom stereocenters. The Hall–Kier alpha value is -1.69. The Morgan fingerprint density at radius 1 is 1.30 bits per heavy atom. The Morgan fingerprint density at radius 2 is 2.13 bits per heavy atom. The fourth-order valence-electron chi connectivity index (χ4n) is 3.12. The van der Waals surface area contributed by atoms with Crippen molar-refractivity contribution in [3.05, 3.63) is 57.8 Å². The van der Waals surface area contributed by atoms with Gasteiger partial charge in [-0.05, 0) is 29.0 Å². The number of primary amides is 1. The molecule has 0 aliphatic carbocycles. The van der Waals surface area contributed by atoms with Crippen LogP contribution in [0.2, 0.25) is 0 Å². The van der Waals surface area contributed by atoms with E-state index in [1.807, 2.05) is 17.4 Å². The van der Waals surface area contributed by atoms with Crippen LogP contribution in [-0.2, 0) is 17.8 Å². The number of nitrogens with two attached hydrogens (primary N) is 1. The number of hydrogen-bond donors (Lipinski definition) is 2. The summed E-state index contributed by atoms with van der Waals surface area (Å²) in [6.07, 6.45) is 1.51. The van der Waals surface area contributed by atoms with E-state index in [9.17, 15) is 4.79 Å². The van der Waals surface area contributed by atoms with Crippen molar-refractivity contribution < 1.29 is 4.79 Å². The van der Waals surface area contributed by atoms with Crippen LogP contribution in [0.1, 0.15) is 28.5 Å². The topological polar surface area (TPSA) is 58.4 Å². The van der Waals surface area contributed by atoms with Crippen molar-refractivity contribution in [1.29, 1.82) is 0 Å². The molecule has 2 aromatic rings. The molecule has 23 heavy (non-hydrogen) atoms. The van der Waals surface area contributed by atoms with Crippen molar-refractivity contribution in [2.24, 2.45) is 5.73 Å². The fourth-order valence-corrected chi connectivity index (χ4v) is 4.01. The van der Waals surface area contributed by atoms with Crippen LogP contribution in [0.5, 0.6) is 0 Å². The van der Waals surface area contributed by atoms with Gasteiger partial charge in [-0.2, -0.15) is 0 Å². The molecule has 0 fully saturated rings. The first-order valence-electron chi connectivity index (χ1n) is 8.07. The first-order chi connectivity index (χ1) is 11.2. The van der Waals surface area contributed by atoms with Crippen LogP contribution >= 0.6 is 11.3 Å². The summed E-state index contributed by atoms with van der Waals surface area (Å²) in [6, 6.07) is 13.2. The zero-order chi connectivity index (χ0) is 16.1. The molecule has 1 unspecified atom stereocenters. The van der Waals surface area contributed by atoms with Gasteiger partial charge in [-0.15, -0.1) is 11.3 Å². The van der Waals surface area contributed by atoms with E-state index in [0.717, 1.165) is 26.1 Å². The van der Waals surface area contributed by atoms with E-state index in [1.54, 1.807) is 0 Å². The van der Waals surface area contributed by atoms with E-state index >= 15 is 0 Å². The minimum atomic E-state index is -0.255. The van der Waals surface area contributed by atoms with Gasteiger partial charge < -0.3 is 11.1 Å². The zero-order valence-electron chi connectivity index (χ0n) is 13.2. The minimum Gasteiger partial charge on any atom is -0.370 e. The fraction of sp³-hybridized carbons (Fsp3) is 0.389. The van der Waals surface area contributed by atoms with Crippen molar-refractivity contribution >= 4 is 17.2 Å². The van der Waals surface area contributed by atoms with Gasteiger partial charge in [0.15, 0.2) is 0 Å². The maximum atomic E-state index is 10.9. The average Bonchev–Trinajstić information content (AvgIpc) is 3.03. The molecular weight excluding hydrogens is 306 g/mol. The number of carbonyl (C=O) groups is 1. The van der Waals surface area contributed by atoms with Gasteiger partial charge in [0.1, 0.15) is 0 Å². The molecule has 4 nitrogen and oxygen atoms in total. The normalized spacial score (nSPS) is 16.0. The van der Waals surface area contributed by atoms with Crippen molar-refractivity contribution in [2.45, 2.75) is 25.4 Å². The molecule has 0 saturated carbocycles. The van der Waals surface area contributed by atoms with Crippen molar-refractivity contribution in [3.8, 4) is 0 Å². The molecule has 2 heterocycles. The largest absolute Gasteiger partial charge is 0.370 e. The number of carbonyl (C=O) groups excluding carboxylic acids is 1. The Kier molecular flexibility index (Phi) is 5.43. The van der Waals surface area contributed by atoms with Gasteiger partial charge in [0, 0.05) is 43.5 Å². The first-order valence-corrected chi connectivity index (χ1v) is 8.95. The minimum absolute atomic E-state index is 0.255. The predicted molar refractivity (Wildman–Crippen MR) is 94.3 cm³/mol. The van der Waals surface area contributed by atoms with E-state index < -0.39 is 0 Å². The lowest BCUT2D eigenvalue weighted by molar-refractivity contribution is -0.117. The standard InChI is InChI=1S/C18H23N3OS/c19-18(22)6-9-20-12-16(14-4-2-1-3-5-14)21-10-7-17-15(13-21)8-11-23-17/h1-5,8,11,16,20H,6-7,9-10,12-13H2,(H2,19,22). The molecule has 3 N–H and O–H groups in total. The molecule has 3 rings (SSSR count). The number of nitrogens with one attached hydrogen (secondary N) is 1. The third-order valence-electron chi connectivity index (χ3n) is 4.35. The number of thiophene rings is 1. The van der Waals surface area contributed by atoms with Crippen molar-refractivity contribution in [3.63, 3.8) is 0 Å². The highest BCUT2D eigenvalue weighted by Gasteiger charge is 2.25. The van der Waals surface area contributed by atoms with Gasteiger partial charge in [-0.1, -0.05) is 30.3 Å². The maximum Gasteiger partial charge on any atom is 0.218 e. The smallest absolute Gasteiger partial charge is 0.218 e. The molecule has 0 radical (unpaired) electrons. The lowest BCUT2D eigenvalue weighted by Gasteiger charge is -2.35. The molecule has 1 aromatic carbocycles. The zero-order valence-corrected chi connectivity index (χ0v) is 14.0. The van der Waals surface area contributed by atoms with Crippen LogP contribution < -0.4 is 11.1 Å². The number of benzene rings is 1. The molecule has 0 bridgehead atoms. The van der Waals surface area contributed by atoms with Crippen LogP contribution in [0.4, 0.5) is 0 Å². The quantitative estimate of drug-likeness (QED) is 0.767. The highest BCUT2D eigenvalue weighted by molar-refractivity contribution is 7.10. The van der Waals surface area contributed by atoms with Crippen LogP contribution in [0.3, 0.4) is 0 Å². The van der Waals surface area contributed by atoms with Crippen molar-refractivity contribution in [1.82, 2.24) is 10.2 Å². The molecule has 0 saturated heterocycles. The summed E-state index contributed by atoms with van der Waals surface area (Å²) in [7, 11) is 0. The van der Waals surface area contributed by atoms with E-state index in [4.69, 9.17) is 5.73 Å². The molecule has 1 aliphatic rings. The summed E-state index contributed by atoms with van der Waals surface area (Å²) in [6.45, 7) is 3.54. The summed E-state index contributed by atoms with van der Waals surface area (Å²) in [5.74, 6) is -0.255. The molecule has 1 aliphatic heterocycles. The lowest BCUT2D eigenvalue weighted by atomic mass is 10.0. The van der Waals surface area contributed by atoms with Crippen molar-refractivity contribution in [2.75, 3.05) is 19.6 Å². The Morgan fingerprint density at radius 3 is 2.91 bits per heavy atom. The second-order valence-electron chi connectivity index (χ2n) is 5.94. The second kappa shape index (κ2) is 7.73. The highest BCUT2D eigenvalue weighted by Crippen LogP contribution is 2.30. The third kappa shape index (κ3) is 4.19. The first kappa shape index (κ1) is 16.2. The average molecular weight is 329 g/mol. The Balaban J connectivity index is 1.69. The number of fused-ring (bicyclic) bond motifs is 1. The molecule has 0 spiro atoms. The lowest BCUT2D eigenvalue weighted by Crippen LogP contribution is -2.39. The van der Waals surface area contributed by atoms with Crippen LogP contribution in [0.25, 0.3) is 0 Å². The monoisotopic (exact) mass is 329 g/mol. The second-order valence-corrected chi connectivity index (χ2v) is 6.94. The summed E-state index contributed by atoms with van der Waals surface area (Å²) >= 11 is 1.87. The van der Waals surface area contributed by atoms with Gasteiger partial charge in [0.05, 0.1) is 0 Å². The summed E-state index contributed by atoms with van der Waals surface area (Å²) in [4.78, 5) is 14.9. The van der Waals surface area contributed by atoms with E-state index in [-0.39, 0.29) is 5.91 Å².